The first-order valence-corrected chi connectivity index (χ1v) is 8.93. The van der Waals surface area contributed by atoms with Crippen LogP contribution in [0.25, 0.3) is 5.65 Å². The Hall–Kier alpha value is -3.00. The van der Waals surface area contributed by atoms with Crippen molar-refractivity contribution in [3.63, 3.8) is 0 Å². The van der Waals surface area contributed by atoms with Gasteiger partial charge in [-0.3, -0.25) is 18.9 Å². The minimum Gasteiger partial charge on any atom is -0.360 e. The standard InChI is InChI=1S/C19H21N5O3/c1-13-3-4-17-20-10-16(19(26)24(17)11-13)18(25)23-7-5-22(6-8-23)12-15-9-14(2)21-27-15/h3-4,9-11H,5-8,12H2,1-2H3. The third-order valence-corrected chi connectivity index (χ3v) is 4.80. The minimum absolute atomic E-state index is 0.109. The van der Waals surface area contributed by atoms with Crippen molar-refractivity contribution >= 4 is 11.6 Å². The molecule has 8 heteroatoms. The Balaban J connectivity index is 1.47. The molecule has 0 N–H and O–H groups in total. The summed E-state index contributed by atoms with van der Waals surface area (Å²) >= 11 is 0. The second-order valence-corrected chi connectivity index (χ2v) is 6.91. The maximum absolute atomic E-state index is 12.8. The molecule has 1 aliphatic rings. The summed E-state index contributed by atoms with van der Waals surface area (Å²) in [4.78, 5) is 33.7. The number of amides is 1. The zero-order chi connectivity index (χ0) is 19.0. The molecule has 27 heavy (non-hydrogen) atoms. The summed E-state index contributed by atoms with van der Waals surface area (Å²) in [5.41, 5.74) is 2.12. The quantitative estimate of drug-likeness (QED) is 0.693. The van der Waals surface area contributed by atoms with Gasteiger partial charge < -0.3 is 9.42 Å². The monoisotopic (exact) mass is 367 g/mol. The number of rotatable bonds is 3. The Morgan fingerprint density at radius 2 is 1.96 bits per heavy atom. The fourth-order valence-electron chi connectivity index (χ4n) is 3.32. The molecule has 0 atom stereocenters. The van der Waals surface area contributed by atoms with Crippen molar-refractivity contribution in [3.8, 4) is 0 Å². The van der Waals surface area contributed by atoms with E-state index in [1.54, 1.807) is 17.2 Å². The van der Waals surface area contributed by atoms with Crippen LogP contribution in [0.5, 0.6) is 0 Å². The number of nitrogens with zero attached hydrogens (tertiary/aromatic N) is 5. The Bertz CT molecular complexity index is 1050. The largest absolute Gasteiger partial charge is 0.360 e. The van der Waals surface area contributed by atoms with Gasteiger partial charge in [-0.25, -0.2) is 4.98 Å². The number of hydrogen-bond acceptors (Lipinski definition) is 6. The lowest BCUT2D eigenvalue weighted by Gasteiger charge is -2.34. The van der Waals surface area contributed by atoms with Gasteiger partial charge in [0.15, 0.2) is 5.76 Å². The minimum atomic E-state index is -0.326. The van der Waals surface area contributed by atoms with Gasteiger partial charge >= 0.3 is 0 Å². The summed E-state index contributed by atoms with van der Waals surface area (Å²) in [5.74, 6) is 0.554. The molecule has 1 amide bonds. The molecule has 0 bridgehead atoms. The van der Waals surface area contributed by atoms with Gasteiger partial charge in [0.05, 0.1) is 12.2 Å². The summed E-state index contributed by atoms with van der Waals surface area (Å²) in [5, 5.41) is 3.90. The number of hydrogen-bond donors (Lipinski definition) is 0. The van der Waals surface area contributed by atoms with E-state index in [0.29, 0.717) is 38.4 Å². The van der Waals surface area contributed by atoms with Crippen LogP contribution in [0.1, 0.15) is 27.4 Å². The van der Waals surface area contributed by atoms with Gasteiger partial charge in [-0.1, -0.05) is 11.2 Å². The van der Waals surface area contributed by atoms with Crippen LogP contribution in [0.3, 0.4) is 0 Å². The van der Waals surface area contributed by atoms with E-state index in [4.69, 9.17) is 4.52 Å². The third-order valence-electron chi connectivity index (χ3n) is 4.80. The van der Waals surface area contributed by atoms with Crippen molar-refractivity contribution in [1.29, 1.82) is 0 Å². The molecule has 0 aromatic carbocycles. The van der Waals surface area contributed by atoms with Crippen LogP contribution < -0.4 is 5.56 Å². The van der Waals surface area contributed by atoms with Gasteiger partial charge in [-0.05, 0) is 25.5 Å². The lowest BCUT2D eigenvalue weighted by atomic mass is 10.2. The fraction of sp³-hybridized carbons (Fsp3) is 0.368. The number of piperazine rings is 1. The molecule has 0 spiro atoms. The Morgan fingerprint density at radius 3 is 2.67 bits per heavy atom. The zero-order valence-electron chi connectivity index (χ0n) is 15.4. The summed E-state index contributed by atoms with van der Waals surface area (Å²) in [6.07, 6.45) is 3.10. The number of carbonyl (C=O) groups is 1. The van der Waals surface area contributed by atoms with Crippen LogP contribution in [-0.2, 0) is 6.54 Å². The first-order valence-electron chi connectivity index (χ1n) is 8.93. The summed E-state index contributed by atoms with van der Waals surface area (Å²) in [6.45, 7) is 7.00. The summed E-state index contributed by atoms with van der Waals surface area (Å²) in [7, 11) is 0. The van der Waals surface area contributed by atoms with Gasteiger partial charge in [-0.15, -0.1) is 0 Å². The molecule has 1 saturated heterocycles. The lowest BCUT2D eigenvalue weighted by Crippen LogP contribution is -2.49. The van der Waals surface area contributed by atoms with Crippen molar-refractivity contribution in [2.24, 2.45) is 0 Å². The van der Waals surface area contributed by atoms with Crippen LogP contribution in [-0.4, -0.2) is 56.4 Å². The van der Waals surface area contributed by atoms with Crippen LogP contribution in [0.2, 0.25) is 0 Å². The second-order valence-electron chi connectivity index (χ2n) is 6.91. The summed E-state index contributed by atoms with van der Waals surface area (Å²) < 4.78 is 6.69. The van der Waals surface area contributed by atoms with Gasteiger partial charge in [0.1, 0.15) is 11.2 Å². The highest BCUT2D eigenvalue weighted by molar-refractivity contribution is 5.93. The van der Waals surface area contributed by atoms with Crippen LogP contribution in [0.15, 0.2) is 39.9 Å². The van der Waals surface area contributed by atoms with Crippen molar-refractivity contribution in [2.45, 2.75) is 20.4 Å². The number of aryl methyl sites for hydroxylation is 2. The SMILES string of the molecule is Cc1ccc2ncc(C(=O)N3CCN(Cc4cc(C)no4)CC3)c(=O)n2c1. The van der Waals surface area contributed by atoms with Gasteiger partial charge in [0.2, 0.25) is 0 Å². The Kier molecular flexibility index (Phi) is 4.49. The van der Waals surface area contributed by atoms with Crippen LogP contribution in [0, 0.1) is 13.8 Å². The van der Waals surface area contributed by atoms with Crippen LogP contribution >= 0.6 is 0 Å². The third kappa shape index (κ3) is 3.48. The maximum atomic E-state index is 12.8. The zero-order valence-corrected chi connectivity index (χ0v) is 15.4. The van der Waals surface area contributed by atoms with Gasteiger partial charge in [0.25, 0.3) is 11.5 Å². The first kappa shape index (κ1) is 17.4. The predicted molar refractivity (Wildman–Crippen MR) is 98.6 cm³/mol. The Morgan fingerprint density at radius 1 is 1.19 bits per heavy atom. The normalized spacial score (nSPS) is 15.4. The van der Waals surface area contributed by atoms with E-state index in [1.807, 2.05) is 26.0 Å². The molecular formula is C19H21N5O3. The topological polar surface area (TPSA) is 84.0 Å². The molecule has 4 rings (SSSR count). The van der Waals surface area contributed by atoms with Gasteiger partial charge in [-0.2, -0.15) is 0 Å². The van der Waals surface area contributed by atoms with Crippen LogP contribution in [0.4, 0.5) is 0 Å². The molecule has 0 radical (unpaired) electrons. The van der Waals surface area contributed by atoms with Crippen molar-refractivity contribution < 1.29 is 9.32 Å². The lowest BCUT2D eigenvalue weighted by molar-refractivity contribution is 0.0615. The number of pyridine rings is 1. The summed E-state index contributed by atoms with van der Waals surface area (Å²) in [6, 6.07) is 5.58. The smallest absolute Gasteiger partial charge is 0.270 e. The molecule has 1 aliphatic heterocycles. The second kappa shape index (κ2) is 6.96. The average Bonchev–Trinajstić information content (AvgIpc) is 3.07. The van der Waals surface area contributed by atoms with Crippen molar-refractivity contribution in [1.82, 2.24) is 24.3 Å². The molecule has 1 fully saturated rings. The van der Waals surface area contributed by atoms with E-state index in [2.05, 4.69) is 15.0 Å². The molecule has 140 valence electrons. The molecule has 0 aliphatic carbocycles. The van der Waals surface area contributed by atoms with Crippen molar-refractivity contribution in [3.05, 3.63) is 63.5 Å². The number of fused-ring (bicyclic) bond motifs is 1. The molecule has 0 unspecified atom stereocenters. The van der Waals surface area contributed by atoms with Gasteiger partial charge in [0, 0.05) is 44.6 Å². The van der Waals surface area contributed by atoms with E-state index in [1.165, 1.54) is 10.6 Å². The van der Waals surface area contributed by atoms with E-state index < -0.39 is 0 Å². The van der Waals surface area contributed by atoms with E-state index in [-0.39, 0.29) is 17.0 Å². The highest BCUT2D eigenvalue weighted by Gasteiger charge is 2.25. The highest BCUT2D eigenvalue weighted by atomic mass is 16.5. The predicted octanol–water partition coefficient (Wildman–Crippen LogP) is 1.26. The van der Waals surface area contributed by atoms with Crippen molar-refractivity contribution in [2.75, 3.05) is 26.2 Å². The molecule has 4 heterocycles. The number of aromatic nitrogens is 3. The molecule has 8 nitrogen and oxygen atoms in total. The average molecular weight is 367 g/mol. The maximum Gasteiger partial charge on any atom is 0.270 e. The van der Waals surface area contributed by atoms with E-state index in [0.717, 1.165) is 17.0 Å². The first-order chi connectivity index (χ1) is 13.0. The molecular weight excluding hydrogens is 346 g/mol. The van der Waals surface area contributed by atoms with E-state index in [9.17, 15) is 9.59 Å². The fourth-order valence-corrected chi connectivity index (χ4v) is 3.32. The number of carbonyl (C=O) groups excluding carboxylic acids is 1. The highest BCUT2D eigenvalue weighted by Crippen LogP contribution is 2.11. The Labute approximate surface area is 156 Å². The molecule has 3 aromatic heterocycles. The molecule has 0 saturated carbocycles. The van der Waals surface area contributed by atoms with E-state index >= 15 is 0 Å². The molecule has 3 aromatic rings.